The summed E-state index contributed by atoms with van der Waals surface area (Å²) in [4.78, 5) is 10.3. The van der Waals surface area contributed by atoms with Crippen LogP contribution in [0.15, 0.2) is 0 Å². The van der Waals surface area contributed by atoms with Gasteiger partial charge in [0.2, 0.25) is 0 Å². The van der Waals surface area contributed by atoms with Crippen LogP contribution in [0.1, 0.15) is 129 Å². The molecule has 7 nitrogen and oxygen atoms in total. The molecule has 1 fully saturated rings. The Bertz CT molecular complexity index is 606. The van der Waals surface area contributed by atoms with Gasteiger partial charge in [0.25, 0.3) is 0 Å². The number of hydrogen-bond acceptors (Lipinski definition) is 5. The fourth-order valence-electron chi connectivity index (χ4n) is 5.40. The van der Waals surface area contributed by atoms with E-state index in [1.165, 1.54) is 96.3 Å². The fourth-order valence-corrected chi connectivity index (χ4v) is 6.45. The zero-order valence-electron chi connectivity index (χ0n) is 26.2. The maximum atomic E-state index is 12.5. The maximum Gasteiger partial charge on any atom is 0.472 e. The highest BCUT2D eigenvalue weighted by Crippen LogP contribution is 2.46. The van der Waals surface area contributed by atoms with Crippen molar-refractivity contribution in [1.29, 1.82) is 0 Å². The lowest BCUT2D eigenvalue weighted by molar-refractivity contribution is -0.889. The molecule has 39 heavy (non-hydrogen) atoms. The van der Waals surface area contributed by atoms with Gasteiger partial charge < -0.3 is 18.9 Å². The van der Waals surface area contributed by atoms with Crippen LogP contribution in [0.25, 0.3) is 0 Å². The van der Waals surface area contributed by atoms with Gasteiger partial charge in [0.1, 0.15) is 0 Å². The highest BCUT2D eigenvalue weighted by Gasteiger charge is 2.31. The molecular formula is C31H65NO6P+. The minimum Gasteiger partial charge on any atom is -0.384 e. The SMILES string of the molecule is CCCCCCCCCCCCCCCCCCOCC(COC)COP(=O)(O)OC1CCC[N+](C)(C)CC1. The predicted molar refractivity (Wildman–Crippen MR) is 162 cm³/mol. The van der Waals surface area contributed by atoms with Crippen molar-refractivity contribution in [3.05, 3.63) is 0 Å². The molecule has 0 aromatic rings. The Morgan fingerprint density at radius 3 is 1.85 bits per heavy atom. The van der Waals surface area contributed by atoms with E-state index in [2.05, 4.69) is 21.0 Å². The number of methoxy groups -OCH3 is 1. The van der Waals surface area contributed by atoms with Gasteiger partial charge in [0.05, 0.1) is 53.1 Å². The summed E-state index contributed by atoms with van der Waals surface area (Å²) in [5, 5.41) is 0. The number of unbranched alkanes of at least 4 members (excludes halogenated alkanes) is 15. The molecule has 3 unspecified atom stereocenters. The fraction of sp³-hybridized carbons (Fsp3) is 1.00. The number of likely N-dealkylation sites (tertiary alicyclic amines) is 1. The van der Waals surface area contributed by atoms with E-state index in [0.717, 1.165) is 43.3 Å². The monoisotopic (exact) mass is 578 g/mol. The van der Waals surface area contributed by atoms with E-state index in [0.29, 0.717) is 19.8 Å². The van der Waals surface area contributed by atoms with Crippen LogP contribution in [0.2, 0.25) is 0 Å². The largest absolute Gasteiger partial charge is 0.472 e. The number of quaternary nitrogens is 1. The van der Waals surface area contributed by atoms with E-state index in [1.807, 2.05) is 0 Å². The number of nitrogens with zero attached hydrogens (tertiary/aromatic N) is 1. The number of phosphoric ester groups is 1. The Balaban J connectivity index is 2.00. The van der Waals surface area contributed by atoms with Crippen molar-refractivity contribution in [2.45, 2.75) is 135 Å². The molecular weight excluding hydrogens is 513 g/mol. The predicted octanol–water partition coefficient (Wildman–Crippen LogP) is 8.29. The molecule has 0 aromatic heterocycles. The van der Waals surface area contributed by atoms with Gasteiger partial charge >= 0.3 is 7.82 Å². The number of hydrogen-bond donors (Lipinski definition) is 1. The van der Waals surface area contributed by atoms with Gasteiger partial charge in [-0.1, -0.05) is 103 Å². The maximum absolute atomic E-state index is 12.5. The Morgan fingerprint density at radius 2 is 1.31 bits per heavy atom. The summed E-state index contributed by atoms with van der Waals surface area (Å²) in [5.74, 6) is -0.0927. The average Bonchev–Trinajstić information content (AvgIpc) is 3.06. The molecule has 1 aliphatic heterocycles. The van der Waals surface area contributed by atoms with Gasteiger partial charge in [0, 0.05) is 26.1 Å². The summed E-state index contributed by atoms with van der Waals surface area (Å²) in [5.41, 5.74) is 0. The summed E-state index contributed by atoms with van der Waals surface area (Å²) in [6.45, 7) is 5.96. The first-order chi connectivity index (χ1) is 18.8. The number of ether oxygens (including phenoxy) is 2. The normalized spacial score (nSPS) is 20.0. The van der Waals surface area contributed by atoms with Crippen molar-refractivity contribution in [1.82, 2.24) is 0 Å². The van der Waals surface area contributed by atoms with E-state index in [-0.39, 0.29) is 18.6 Å². The molecule has 0 radical (unpaired) electrons. The first kappa shape index (κ1) is 37.0. The second-order valence-corrected chi connectivity index (χ2v) is 13.9. The standard InChI is InChI=1S/C31H64NO6P/c1-5-6-7-8-9-10-11-12-13-14-15-16-17-18-19-20-26-36-28-30(27-35-4)29-37-39(33,34)38-31-22-21-24-32(2,3)25-23-31/h30-31H,5-29H2,1-4H3/p+1. The van der Waals surface area contributed by atoms with Crippen molar-refractivity contribution in [2.75, 3.05) is 60.7 Å². The van der Waals surface area contributed by atoms with Gasteiger partial charge in [0.15, 0.2) is 0 Å². The highest BCUT2D eigenvalue weighted by molar-refractivity contribution is 7.47. The molecule has 234 valence electrons. The van der Waals surface area contributed by atoms with Crippen molar-refractivity contribution in [3.63, 3.8) is 0 Å². The lowest BCUT2D eigenvalue weighted by atomic mass is 10.0. The van der Waals surface area contributed by atoms with Gasteiger partial charge in [-0.05, 0) is 19.3 Å². The van der Waals surface area contributed by atoms with Crippen LogP contribution in [0, 0.1) is 5.92 Å². The van der Waals surface area contributed by atoms with E-state index >= 15 is 0 Å². The minimum absolute atomic E-state index is 0.0921. The second-order valence-electron chi connectivity index (χ2n) is 12.5. The van der Waals surface area contributed by atoms with Crippen LogP contribution in [0.5, 0.6) is 0 Å². The zero-order chi connectivity index (χ0) is 28.7. The molecule has 8 heteroatoms. The summed E-state index contributed by atoms with van der Waals surface area (Å²) < 4.78 is 35.4. The van der Waals surface area contributed by atoms with E-state index in [4.69, 9.17) is 18.5 Å². The minimum atomic E-state index is -4.10. The Kier molecular flexibility index (Phi) is 22.3. The summed E-state index contributed by atoms with van der Waals surface area (Å²) in [6.07, 6.45) is 24.0. The Labute approximate surface area is 241 Å². The Morgan fingerprint density at radius 1 is 0.769 bits per heavy atom. The highest BCUT2D eigenvalue weighted by atomic mass is 31.2. The van der Waals surface area contributed by atoms with Crippen molar-refractivity contribution in [3.8, 4) is 0 Å². The van der Waals surface area contributed by atoms with Gasteiger partial charge in [-0.25, -0.2) is 4.57 Å². The van der Waals surface area contributed by atoms with Crippen molar-refractivity contribution in [2.24, 2.45) is 5.92 Å². The topological polar surface area (TPSA) is 74.2 Å². The van der Waals surface area contributed by atoms with Crippen molar-refractivity contribution >= 4 is 7.82 Å². The quantitative estimate of drug-likeness (QED) is 0.0632. The van der Waals surface area contributed by atoms with Gasteiger partial charge in [-0.3, -0.25) is 9.05 Å². The molecule has 0 bridgehead atoms. The third-order valence-electron chi connectivity index (χ3n) is 8.00. The van der Waals surface area contributed by atoms with E-state index < -0.39 is 7.82 Å². The van der Waals surface area contributed by atoms with Crippen LogP contribution in [0.3, 0.4) is 0 Å². The third kappa shape index (κ3) is 22.3. The molecule has 0 aliphatic carbocycles. The van der Waals surface area contributed by atoms with Gasteiger partial charge in [-0.2, -0.15) is 0 Å². The molecule has 0 aromatic carbocycles. The molecule has 1 rings (SSSR count). The molecule has 1 aliphatic rings. The molecule has 0 amide bonds. The average molecular weight is 579 g/mol. The number of rotatable bonds is 26. The van der Waals surface area contributed by atoms with E-state index in [9.17, 15) is 9.46 Å². The second kappa shape index (κ2) is 23.5. The van der Waals surface area contributed by atoms with E-state index in [1.54, 1.807) is 7.11 Å². The first-order valence-electron chi connectivity index (χ1n) is 16.3. The summed E-state index contributed by atoms with van der Waals surface area (Å²) >= 11 is 0. The first-order valence-corrected chi connectivity index (χ1v) is 17.8. The molecule has 0 saturated carbocycles. The molecule has 0 spiro atoms. The lowest BCUT2D eigenvalue weighted by Crippen LogP contribution is -2.40. The molecule has 1 saturated heterocycles. The van der Waals surface area contributed by atoms with Crippen LogP contribution in [0.4, 0.5) is 0 Å². The number of phosphoric acid groups is 1. The summed E-state index contributed by atoms with van der Waals surface area (Å²) in [6, 6.07) is 0. The molecule has 3 atom stereocenters. The third-order valence-corrected chi connectivity index (χ3v) is 9.04. The van der Waals surface area contributed by atoms with Crippen LogP contribution in [-0.4, -0.2) is 76.2 Å². The Hall–Kier alpha value is -0.0100. The van der Waals surface area contributed by atoms with Gasteiger partial charge in [-0.15, -0.1) is 0 Å². The lowest BCUT2D eigenvalue weighted by Gasteiger charge is -2.28. The smallest absolute Gasteiger partial charge is 0.384 e. The zero-order valence-corrected chi connectivity index (χ0v) is 27.1. The van der Waals surface area contributed by atoms with Crippen molar-refractivity contribution < 1.29 is 32.5 Å². The molecule has 1 N–H and O–H groups in total. The summed E-state index contributed by atoms with van der Waals surface area (Å²) in [7, 11) is 1.91. The van der Waals surface area contributed by atoms with Crippen LogP contribution in [-0.2, 0) is 23.1 Å². The van der Waals surface area contributed by atoms with Crippen LogP contribution < -0.4 is 0 Å². The van der Waals surface area contributed by atoms with Crippen LogP contribution >= 0.6 is 7.82 Å². The molecule has 1 heterocycles.